The number of fused-ring (bicyclic) bond motifs is 2. The van der Waals surface area contributed by atoms with E-state index in [-0.39, 0.29) is 18.6 Å². The molecule has 0 unspecified atom stereocenters. The Kier molecular flexibility index (Phi) is 8.58. The molecule has 3 atom stereocenters. The molecule has 3 saturated heterocycles. The van der Waals surface area contributed by atoms with Gasteiger partial charge in [-0.15, -0.1) is 0 Å². The molecule has 3 fully saturated rings. The van der Waals surface area contributed by atoms with Crippen LogP contribution < -0.4 is 25.0 Å². The maximum atomic E-state index is 13.5. The minimum absolute atomic E-state index is 0.143. The van der Waals surface area contributed by atoms with Crippen molar-refractivity contribution in [1.29, 1.82) is 5.41 Å². The van der Waals surface area contributed by atoms with Gasteiger partial charge in [0, 0.05) is 73.6 Å². The molecule has 2 aromatic rings. The van der Waals surface area contributed by atoms with Crippen LogP contribution in [0.2, 0.25) is 0 Å². The molecule has 3 aliphatic heterocycles. The highest BCUT2D eigenvalue weighted by Gasteiger charge is 2.44. The van der Waals surface area contributed by atoms with E-state index < -0.39 is 0 Å². The zero-order chi connectivity index (χ0) is 27.4. The van der Waals surface area contributed by atoms with E-state index in [9.17, 15) is 9.90 Å². The summed E-state index contributed by atoms with van der Waals surface area (Å²) in [6.45, 7) is 6.61. The van der Waals surface area contributed by atoms with Crippen LogP contribution in [0, 0.1) is 12.3 Å². The first-order chi connectivity index (χ1) is 18.3. The van der Waals surface area contributed by atoms with Crippen molar-refractivity contribution in [1.82, 2.24) is 15.5 Å². The van der Waals surface area contributed by atoms with E-state index in [1.54, 1.807) is 27.5 Å². The van der Waals surface area contributed by atoms with E-state index in [2.05, 4.69) is 26.5 Å². The van der Waals surface area contributed by atoms with Gasteiger partial charge in [-0.1, -0.05) is 6.07 Å². The Morgan fingerprint density at radius 1 is 1.18 bits per heavy atom. The quantitative estimate of drug-likeness (QED) is 0.337. The molecule has 0 aliphatic carbocycles. The number of amides is 1. The van der Waals surface area contributed by atoms with Crippen LogP contribution >= 0.6 is 0 Å². The Morgan fingerprint density at radius 3 is 2.53 bits per heavy atom. The first-order valence-corrected chi connectivity index (χ1v) is 13.0. The molecule has 5 rings (SSSR count). The Morgan fingerprint density at radius 2 is 1.92 bits per heavy atom. The number of methoxy groups -OCH3 is 2. The Balaban J connectivity index is 1.55. The molecule has 3 aliphatic rings. The maximum Gasteiger partial charge on any atom is 0.252 e. The van der Waals surface area contributed by atoms with Crippen LogP contribution in [0.3, 0.4) is 0 Å². The molecule has 0 radical (unpaired) electrons. The average molecular weight is 522 g/mol. The van der Waals surface area contributed by atoms with Crippen molar-refractivity contribution in [3.05, 3.63) is 58.8 Å². The fourth-order valence-electron chi connectivity index (χ4n) is 5.59. The molecular weight excluding hydrogens is 482 g/mol. The number of aryl methyl sites for hydroxylation is 1. The first-order valence-electron chi connectivity index (χ1n) is 13.0. The molecule has 1 amide bonds. The highest BCUT2D eigenvalue weighted by molar-refractivity contribution is 6.09. The SMILES string of the molecule is CN/C=C(\C=N)c1cc([C@@H](C)NC(=O)c2cc(N3C[C@H]4C[C@@H](C3)N4CCO)ccc2C)cc(OC)c1OC. The highest BCUT2D eigenvalue weighted by Crippen LogP contribution is 2.38. The number of piperazine rings is 1. The standard InChI is InChI=1S/C29H39N5O4/c1-18-6-7-22(33-16-23-12-24(17-33)34(23)8-9-35)13-25(18)29(36)32-19(2)20-10-26(21(14-30)15-31-3)28(38-5)27(11-20)37-4/h6-7,10-11,13-15,19,23-24,30-31,35H,8-9,12,16-17H2,1-5H3,(H,32,36)/b21-15+,30-14?/t19-,23-,24+/m1/s1. The number of anilines is 1. The summed E-state index contributed by atoms with van der Waals surface area (Å²) in [4.78, 5) is 18.2. The Hall–Kier alpha value is -3.56. The summed E-state index contributed by atoms with van der Waals surface area (Å²) in [5, 5.41) is 23.3. The third-order valence-corrected chi connectivity index (χ3v) is 7.65. The molecule has 9 nitrogen and oxygen atoms in total. The zero-order valence-electron chi connectivity index (χ0n) is 22.9. The lowest BCUT2D eigenvalue weighted by Crippen LogP contribution is -2.69. The van der Waals surface area contributed by atoms with Gasteiger partial charge in [-0.05, 0) is 55.7 Å². The van der Waals surface area contributed by atoms with Crippen molar-refractivity contribution in [2.45, 2.75) is 38.4 Å². The van der Waals surface area contributed by atoms with Crippen LogP contribution in [0.5, 0.6) is 11.5 Å². The fraction of sp³-hybridized carbons (Fsp3) is 0.448. The number of nitrogens with zero attached hydrogens (tertiary/aromatic N) is 2. The van der Waals surface area contributed by atoms with E-state index >= 15 is 0 Å². The number of aliphatic hydroxyl groups excluding tert-OH is 1. The number of ether oxygens (including phenoxy) is 2. The van der Waals surface area contributed by atoms with E-state index in [4.69, 9.17) is 14.9 Å². The van der Waals surface area contributed by atoms with Crippen molar-refractivity contribution >= 4 is 23.4 Å². The van der Waals surface area contributed by atoms with E-state index in [0.29, 0.717) is 40.3 Å². The van der Waals surface area contributed by atoms with Gasteiger partial charge in [0.15, 0.2) is 11.5 Å². The number of carbonyl (C=O) groups excluding carboxylic acids is 1. The Labute approximate surface area is 224 Å². The van der Waals surface area contributed by atoms with Gasteiger partial charge in [0.05, 0.1) is 26.9 Å². The summed E-state index contributed by atoms with van der Waals surface area (Å²) < 4.78 is 11.2. The van der Waals surface area contributed by atoms with E-state index in [1.807, 2.05) is 38.1 Å². The van der Waals surface area contributed by atoms with Gasteiger partial charge in [-0.2, -0.15) is 0 Å². The zero-order valence-corrected chi connectivity index (χ0v) is 22.9. The summed E-state index contributed by atoms with van der Waals surface area (Å²) in [5.74, 6) is 0.915. The third kappa shape index (κ3) is 5.35. The molecule has 3 heterocycles. The van der Waals surface area contributed by atoms with Gasteiger partial charge in [0.25, 0.3) is 5.91 Å². The number of rotatable bonds is 11. The number of benzene rings is 2. The van der Waals surface area contributed by atoms with Crippen molar-refractivity contribution in [3.63, 3.8) is 0 Å². The van der Waals surface area contributed by atoms with Crippen LogP contribution in [-0.2, 0) is 0 Å². The number of piperidine rings is 1. The minimum atomic E-state index is -0.319. The molecule has 0 saturated carbocycles. The average Bonchev–Trinajstić information content (AvgIpc) is 2.93. The van der Waals surface area contributed by atoms with Crippen molar-refractivity contribution in [3.8, 4) is 11.5 Å². The second-order valence-corrected chi connectivity index (χ2v) is 9.94. The molecule has 0 spiro atoms. The van der Waals surface area contributed by atoms with Crippen LogP contribution in [0.15, 0.2) is 36.5 Å². The largest absolute Gasteiger partial charge is 0.493 e. The second-order valence-electron chi connectivity index (χ2n) is 9.94. The number of hydrogen-bond donors (Lipinski definition) is 4. The first kappa shape index (κ1) is 27.5. The number of nitrogens with one attached hydrogen (secondary N) is 3. The van der Waals surface area contributed by atoms with Gasteiger partial charge in [-0.3, -0.25) is 9.69 Å². The van der Waals surface area contributed by atoms with Gasteiger partial charge in [0.2, 0.25) is 0 Å². The molecule has 4 N–H and O–H groups in total. The number of hydrogen-bond acceptors (Lipinski definition) is 8. The lowest BCUT2D eigenvalue weighted by molar-refractivity contribution is -0.0122. The lowest BCUT2D eigenvalue weighted by atomic mass is 9.87. The van der Waals surface area contributed by atoms with Gasteiger partial charge >= 0.3 is 0 Å². The molecule has 2 bridgehead atoms. The predicted octanol–water partition coefficient (Wildman–Crippen LogP) is 2.97. The van der Waals surface area contributed by atoms with Crippen LogP contribution in [-0.4, -0.2) is 81.7 Å². The lowest BCUT2D eigenvalue weighted by Gasteiger charge is -2.57. The van der Waals surface area contributed by atoms with Crippen LogP contribution in [0.25, 0.3) is 5.57 Å². The van der Waals surface area contributed by atoms with Crippen molar-refractivity contribution < 1.29 is 19.4 Å². The normalized spacial score (nSPS) is 19.8. The molecule has 0 aromatic heterocycles. The van der Waals surface area contributed by atoms with Gasteiger partial charge in [-0.25, -0.2) is 0 Å². The molecule has 2 aromatic carbocycles. The predicted molar refractivity (Wildman–Crippen MR) is 151 cm³/mol. The number of carbonyl (C=O) groups is 1. The van der Waals surface area contributed by atoms with E-state index in [0.717, 1.165) is 36.4 Å². The van der Waals surface area contributed by atoms with Crippen LogP contribution in [0.1, 0.15) is 46.4 Å². The summed E-state index contributed by atoms with van der Waals surface area (Å²) in [6.07, 6.45) is 4.15. The summed E-state index contributed by atoms with van der Waals surface area (Å²) >= 11 is 0. The van der Waals surface area contributed by atoms with Gasteiger partial charge in [0.1, 0.15) is 0 Å². The molecular formula is C29H39N5O4. The van der Waals surface area contributed by atoms with Crippen molar-refractivity contribution in [2.75, 3.05) is 52.4 Å². The molecule has 204 valence electrons. The minimum Gasteiger partial charge on any atom is -0.493 e. The number of aliphatic hydroxyl groups is 1. The summed E-state index contributed by atoms with van der Waals surface area (Å²) in [6, 6.07) is 10.5. The molecule has 9 heteroatoms. The van der Waals surface area contributed by atoms with E-state index in [1.165, 1.54) is 12.6 Å². The Bertz CT molecular complexity index is 1200. The smallest absolute Gasteiger partial charge is 0.252 e. The second kappa shape index (κ2) is 11.9. The van der Waals surface area contributed by atoms with Crippen LogP contribution in [0.4, 0.5) is 5.69 Å². The summed E-state index contributed by atoms with van der Waals surface area (Å²) in [5.41, 5.74) is 4.78. The van der Waals surface area contributed by atoms with Gasteiger partial charge < -0.3 is 35.5 Å². The third-order valence-electron chi connectivity index (χ3n) is 7.65. The highest BCUT2D eigenvalue weighted by atomic mass is 16.5. The summed E-state index contributed by atoms with van der Waals surface area (Å²) in [7, 11) is 4.91. The number of allylic oxidation sites excluding steroid dienone is 1. The fourth-order valence-corrected chi connectivity index (χ4v) is 5.59. The van der Waals surface area contributed by atoms with Crippen molar-refractivity contribution in [2.24, 2.45) is 0 Å². The maximum absolute atomic E-state index is 13.5. The molecule has 38 heavy (non-hydrogen) atoms. The monoisotopic (exact) mass is 521 g/mol. The topological polar surface area (TPSA) is 110 Å².